The van der Waals surface area contributed by atoms with E-state index in [0.717, 1.165) is 0 Å². The van der Waals surface area contributed by atoms with E-state index in [1.807, 2.05) is 0 Å². The lowest BCUT2D eigenvalue weighted by Gasteiger charge is -2.23. The molecule has 1 aliphatic rings. The Morgan fingerprint density at radius 2 is 0.853 bits per heavy atom. The first-order valence-corrected chi connectivity index (χ1v) is 11.6. The van der Waals surface area contributed by atoms with Gasteiger partial charge in [0.1, 0.15) is 0 Å². The van der Waals surface area contributed by atoms with Gasteiger partial charge in [0, 0.05) is 42.6 Å². The Hall–Kier alpha value is -3.02. The lowest BCUT2D eigenvalue weighted by atomic mass is 9.82. The van der Waals surface area contributed by atoms with Gasteiger partial charge in [-0.05, 0) is 48.5 Å². The highest BCUT2D eigenvalue weighted by molar-refractivity contribution is 6.36. The molecule has 168 valence electrons. The summed E-state index contributed by atoms with van der Waals surface area (Å²) in [5.41, 5.74) is 3.36. The zero-order valence-electron chi connectivity index (χ0n) is 17.3. The predicted molar refractivity (Wildman–Crippen MR) is 139 cm³/mol. The van der Waals surface area contributed by atoms with Crippen molar-refractivity contribution in [3.05, 3.63) is 115 Å². The van der Waals surface area contributed by atoms with E-state index in [4.69, 9.17) is 46.4 Å². The summed E-state index contributed by atoms with van der Waals surface area (Å²) in [7, 11) is 0. The summed E-state index contributed by atoms with van der Waals surface area (Å²) in [6.07, 6.45) is 0. The molecule has 0 unspecified atom stereocenters. The van der Waals surface area contributed by atoms with Gasteiger partial charge < -0.3 is 10.6 Å². The van der Waals surface area contributed by atoms with Crippen molar-refractivity contribution in [2.75, 3.05) is 10.6 Å². The Bertz CT molecular complexity index is 1350. The second-order valence-electron chi connectivity index (χ2n) is 7.68. The molecule has 0 saturated heterocycles. The molecule has 34 heavy (non-hydrogen) atoms. The maximum Gasteiger partial charge on any atom is 0.196 e. The summed E-state index contributed by atoms with van der Waals surface area (Å²) >= 11 is 24.5. The summed E-state index contributed by atoms with van der Waals surface area (Å²) < 4.78 is 0. The highest BCUT2D eigenvalue weighted by Crippen LogP contribution is 2.38. The van der Waals surface area contributed by atoms with Crippen LogP contribution >= 0.6 is 46.4 Å². The first-order valence-electron chi connectivity index (χ1n) is 10.1. The van der Waals surface area contributed by atoms with Crippen molar-refractivity contribution in [3.8, 4) is 0 Å². The Kier molecular flexibility index (Phi) is 6.00. The van der Waals surface area contributed by atoms with Crippen molar-refractivity contribution in [1.29, 1.82) is 0 Å². The van der Waals surface area contributed by atoms with Crippen LogP contribution in [0.2, 0.25) is 20.1 Å². The van der Waals surface area contributed by atoms with Crippen LogP contribution in [-0.4, -0.2) is 11.6 Å². The molecule has 8 heteroatoms. The fourth-order valence-electron chi connectivity index (χ4n) is 4.01. The van der Waals surface area contributed by atoms with Crippen LogP contribution in [0.4, 0.5) is 22.7 Å². The van der Waals surface area contributed by atoms with E-state index in [1.54, 1.807) is 72.8 Å². The van der Waals surface area contributed by atoms with E-state index < -0.39 is 0 Å². The Morgan fingerprint density at radius 1 is 0.500 bits per heavy atom. The van der Waals surface area contributed by atoms with E-state index in [1.165, 1.54) is 0 Å². The van der Waals surface area contributed by atoms with Gasteiger partial charge in [0.05, 0.1) is 22.5 Å². The average molecular weight is 528 g/mol. The minimum atomic E-state index is -0.270. The number of rotatable bonds is 4. The fourth-order valence-corrected chi connectivity index (χ4v) is 5.07. The van der Waals surface area contributed by atoms with Gasteiger partial charge in [-0.1, -0.05) is 70.7 Å². The number of nitrogens with one attached hydrogen (secondary N) is 2. The van der Waals surface area contributed by atoms with Crippen LogP contribution < -0.4 is 10.6 Å². The van der Waals surface area contributed by atoms with Crippen molar-refractivity contribution in [2.24, 2.45) is 0 Å². The van der Waals surface area contributed by atoms with Crippen LogP contribution in [0.5, 0.6) is 0 Å². The number of carbonyl (C=O) groups is 2. The summed E-state index contributed by atoms with van der Waals surface area (Å²) in [6, 6.07) is 20.2. The standard InChI is InChI=1S/C26H14Cl4N2O2/c27-13-7-14(28)10-17(9-13)31-21-5-1-3-19-23(21)26(34)20-4-2-6-22(24(20)25(19)33)32-18-11-15(29)8-16(30)12-18/h1-12,31-32H. The topological polar surface area (TPSA) is 58.2 Å². The smallest absolute Gasteiger partial charge is 0.196 e. The monoisotopic (exact) mass is 526 g/mol. The molecule has 0 saturated carbocycles. The Labute approximate surface area is 215 Å². The minimum Gasteiger partial charge on any atom is -0.355 e. The normalized spacial score (nSPS) is 12.2. The van der Waals surface area contributed by atoms with Crippen LogP contribution in [0.25, 0.3) is 0 Å². The van der Waals surface area contributed by atoms with Crippen LogP contribution in [-0.2, 0) is 0 Å². The summed E-state index contributed by atoms with van der Waals surface area (Å²) in [4.78, 5) is 27.2. The van der Waals surface area contributed by atoms with Gasteiger partial charge in [-0.3, -0.25) is 9.59 Å². The SMILES string of the molecule is O=C1c2cccc(Nc3cc(Cl)cc(Cl)c3)c2C(=O)c2cccc(Nc3cc(Cl)cc(Cl)c3)c21. The highest BCUT2D eigenvalue weighted by atomic mass is 35.5. The first-order chi connectivity index (χ1) is 16.3. The molecule has 0 aliphatic heterocycles. The number of halogens is 4. The molecule has 5 rings (SSSR count). The molecule has 0 heterocycles. The largest absolute Gasteiger partial charge is 0.355 e. The highest BCUT2D eigenvalue weighted by Gasteiger charge is 2.33. The van der Waals surface area contributed by atoms with Gasteiger partial charge in [-0.2, -0.15) is 0 Å². The van der Waals surface area contributed by atoms with E-state index in [0.29, 0.717) is 65.1 Å². The quantitative estimate of drug-likeness (QED) is 0.246. The summed E-state index contributed by atoms with van der Waals surface area (Å²) in [6.45, 7) is 0. The molecule has 4 aromatic rings. The average Bonchev–Trinajstić information content (AvgIpc) is 2.76. The molecule has 4 aromatic carbocycles. The van der Waals surface area contributed by atoms with E-state index in [2.05, 4.69) is 10.6 Å². The predicted octanol–water partition coefficient (Wildman–Crippen LogP) is 8.56. The number of benzene rings is 4. The molecule has 0 fully saturated rings. The lowest BCUT2D eigenvalue weighted by molar-refractivity contribution is 0.0980. The molecule has 4 nitrogen and oxygen atoms in total. The van der Waals surface area contributed by atoms with Crippen molar-refractivity contribution in [2.45, 2.75) is 0 Å². The molecule has 0 spiro atoms. The molecular formula is C26H14Cl4N2O2. The van der Waals surface area contributed by atoms with Crippen molar-refractivity contribution >= 4 is 80.7 Å². The number of hydrogen-bond acceptors (Lipinski definition) is 4. The van der Waals surface area contributed by atoms with Crippen molar-refractivity contribution in [1.82, 2.24) is 0 Å². The van der Waals surface area contributed by atoms with Crippen LogP contribution in [0, 0.1) is 0 Å². The molecule has 0 aromatic heterocycles. The molecule has 0 bridgehead atoms. The summed E-state index contributed by atoms with van der Waals surface area (Å²) in [5, 5.41) is 8.15. The number of hydrogen-bond donors (Lipinski definition) is 2. The third-order valence-electron chi connectivity index (χ3n) is 5.36. The van der Waals surface area contributed by atoms with E-state index >= 15 is 0 Å². The molecular weight excluding hydrogens is 514 g/mol. The van der Waals surface area contributed by atoms with Crippen LogP contribution in [0.15, 0.2) is 72.8 Å². The molecule has 2 N–H and O–H groups in total. The molecule has 0 atom stereocenters. The fraction of sp³-hybridized carbons (Fsp3) is 0. The molecule has 0 amide bonds. The Morgan fingerprint density at radius 3 is 1.21 bits per heavy atom. The van der Waals surface area contributed by atoms with Gasteiger partial charge in [0.15, 0.2) is 11.6 Å². The van der Waals surface area contributed by atoms with Gasteiger partial charge in [-0.15, -0.1) is 0 Å². The zero-order valence-corrected chi connectivity index (χ0v) is 20.3. The van der Waals surface area contributed by atoms with Crippen molar-refractivity contribution in [3.63, 3.8) is 0 Å². The second-order valence-corrected chi connectivity index (χ2v) is 9.43. The minimum absolute atomic E-state index is 0.270. The van der Waals surface area contributed by atoms with E-state index in [9.17, 15) is 9.59 Å². The van der Waals surface area contributed by atoms with Crippen LogP contribution in [0.3, 0.4) is 0 Å². The zero-order chi connectivity index (χ0) is 24.0. The van der Waals surface area contributed by atoms with Gasteiger partial charge in [-0.25, -0.2) is 0 Å². The number of anilines is 4. The number of carbonyl (C=O) groups excluding carboxylic acids is 2. The summed E-state index contributed by atoms with van der Waals surface area (Å²) in [5.74, 6) is -0.540. The molecule has 1 aliphatic carbocycles. The van der Waals surface area contributed by atoms with Gasteiger partial charge >= 0.3 is 0 Å². The maximum absolute atomic E-state index is 13.6. The van der Waals surface area contributed by atoms with Crippen molar-refractivity contribution < 1.29 is 9.59 Å². The number of ketones is 2. The maximum atomic E-state index is 13.6. The van der Waals surface area contributed by atoms with Crippen LogP contribution in [0.1, 0.15) is 31.8 Å². The first kappa shape index (κ1) is 22.8. The number of fused-ring (bicyclic) bond motifs is 2. The van der Waals surface area contributed by atoms with Gasteiger partial charge in [0.25, 0.3) is 0 Å². The van der Waals surface area contributed by atoms with E-state index in [-0.39, 0.29) is 11.6 Å². The lowest BCUT2D eigenvalue weighted by Crippen LogP contribution is -2.23. The molecule has 0 radical (unpaired) electrons. The second kappa shape index (κ2) is 8.97. The Balaban J connectivity index is 1.58. The third kappa shape index (κ3) is 4.26. The van der Waals surface area contributed by atoms with Gasteiger partial charge in [0.2, 0.25) is 0 Å². The third-order valence-corrected chi connectivity index (χ3v) is 6.23.